The topological polar surface area (TPSA) is 89.6 Å². The largest absolute Gasteiger partial charge is 0.309 e. The Balaban J connectivity index is 1.09. The van der Waals surface area contributed by atoms with E-state index in [9.17, 15) is 5.26 Å². The normalized spacial score (nSPS) is 11.3. The molecule has 0 saturated carbocycles. The summed E-state index contributed by atoms with van der Waals surface area (Å²) in [6.07, 6.45) is 3.82. The molecule has 9 aromatic carbocycles. The molecule has 0 aliphatic carbocycles. The molecule has 0 unspecified atom stereocenters. The Bertz CT molecular complexity index is 4310. The van der Waals surface area contributed by atoms with E-state index >= 15 is 0 Å². The highest BCUT2D eigenvalue weighted by molar-refractivity contribution is 6.13. The van der Waals surface area contributed by atoms with Gasteiger partial charge in [0.05, 0.1) is 51.6 Å². The zero-order valence-corrected chi connectivity index (χ0v) is 38.5. The summed E-state index contributed by atoms with van der Waals surface area (Å²) < 4.78 is 4.67. The molecule has 0 fully saturated rings. The van der Waals surface area contributed by atoms with E-state index in [0.29, 0.717) is 28.7 Å². The summed E-state index contributed by atoms with van der Waals surface area (Å²) in [7, 11) is 0. The molecule has 0 aliphatic heterocycles. The lowest BCUT2D eigenvalue weighted by Gasteiger charge is -2.19. The van der Waals surface area contributed by atoms with Crippen molar-refractivity contribution < 1.29 is 0 Å². The second kappa shape index (κ2) is 17.4. The fraction of sp³-hybridized carbons (Fsp3) is 0. The smallest absolute Gasteiger partial charge is 0.194 e. The summed E-state index contributed by atoms with van der Waals surface area (Å²) in [5.41, 5.74) is 15.3. The van der Waals surface area contributed by atoms with Gasteiger partial charge in [-0.1, -0.05) is 152 Å². The number of hydrogen-bond donors (Lipinski definition) is 0. The van der Waals surface area contributed by atoms with Gasteiger partial charge in [-0.05, 0) is 89.0 Å². The lowest BCUT2D eigenvalue weighted by molar-refractivity contribution is 1.07. The molecule has 0 amide bonds. The van der Waals surface area contributed by atoms with E-state index in [1.165, 1.54) is 0 Å². The van der Waals surface area contributed by atoms with E-state index in [1.54, 1.807) is 0 Å². The summed E-state index contributed by atoms with van der Waals surface area (Å²) >= 11 is 0. The van der Waals surface area contributed by atoms with Gasteiger partial charge in [0.25, 0.3) is 0 Å². The zero-order chi connectivity index (χ0) is 48.1. The van der Waals surface area contributed by atoms with Crippen molar-refractivity contribution >= 4 is 49.3 Å². The molecular formula is C64H38N8. The molecule has 0 saturated heterocycles. The van der Waals surface area contributed by atoms with Crippen LogP contribution >= 0.6 is 0 Å². The third kappa shape index (κ3) is 6.98. The summed E-state index contributed by atoms with van der Waals surface area (Å²) in [4.78, 5) is 24.1. The number of nitrogens with zero attached hydrogens (tertiary/aromatic N) is 8. The Morgan fingerprint density at radius 2 is 0.875 bits per heavy atom. The molecular weight excluding hydrogens is 881 g/mol. The number of rotatable bonds is 8. The Labute approximate surface area is 414 Å². The predicted octanol–water partition coefficient (Wildman–Crippen LogP) is 15.9. The standard InChI is InChI=1S/C64H38N8/c1-66-55-25-13-10-22-48(55)44-29-32-59-52(37-44)50-24-12-15-27-57(50)72(59)61-34-35-67-40-54(61)53-38-45(64-69-62(41-16-4-2-5-17-41)68-63(70-64)42-18-6-3-7-19-42)30-33-60(53)71-56-26-14-11-23-49(56)51-36-43(28-31-58(51)71)47-21-9-8-20-46(47)39-65/h2-38,40H. The SMILES string of the molecule is [C-]#[N+]c1ccccc1-c1ccc2c(c1)c1ccccc1n2-c1ccncc1-c1cc(-c2nc(-c3ccccc3)nc(-c3ccccc3)n2)ccc1-n1c2ccccc2c2cc(-c3ccccc3C#N)ccc21. The van der Waals surface area contributed by atoms with Crippen LogP contribution in [-0.4, -0.2) is 29.1 Å². The van der Waals surface area contributed by atoms with Gasteiger partial charge >= 0.3 is 0 Å². The minimum Gasteiger partial charge on any atom is -0.309 e. The fourth-order valence-electron chi connectivity index (χ4n) is 10.3. The quantitative estimate of drug-likeness (QED) is 0.142. The Hall–Kier alpha value is -10.3. The molecule has 8 nitrogen and oxygen atoms in total. The first kappa shape index (κ1) is 41.9. The summed E-state index contributed by atoms with van der Waals surface area (Å²) in [5.74, 6) is 1.69. The van der Waals surface area contributed by atoms with Crippen LogP contribution in [0.5, 0.6) is 0 Å². The third-order valence-electron chi connectivity index (χ3n) is 13.6. The number of fused-ring (bicyclic) bond motifs is 6. The first-order valence-electron chi connectivity index (χ1n) is 23.6. The average molecular weight is 919 g/mol. The molecule has 13 aromatic rings. The zero-order valence-electron chi connectivity index (χ0n) is 38.5. The highest BCUT2D eigenvalue weighted by atomic mass is 15.0. The fourth-order valence-corrected chi connectivity index (χ4v) is 10.3. The van der Waals surface area contributed by atoms with E-state index in [-0.39, 0.29) is 0 Å². The number of hydrogen-bond acceptors (Lipinski definition) is 5. The molecule has 0 N–H and O–H groups in total. The molecule has 0 atom stereocenters. The molecule has 4 heterocycles. The van der Waals surface area contributed by atoms with Gasteiger partial charge in [0.1, 0.15) is 0 Å². The van der Waals surface area contributed by atoms with Gasteiger partial charge in [0.15, 0.2) is 23.2 Å². The highest BCUT2D eigenvalue weighted by Gasteiger charge is 2.23. The van der Waals surface area contributed by atoms with Crippen molar-refractivity contribution in [1.82, 2.24) is 29.1 Å². The highest BCUT2D eigenvalue weighted by Crippen LogP contribution is 2.44. The van der Waals surface area contributed by atoms with Crippen LogP contribution in [0.25, 0.3) is 127 Å². The number of benzene rings is 9. The molecule has 72 heavy (non-hydrogen) atoms. The summed E-state index contributed by atoms with van der Waals surface area (Å²) in [5, 5.41) is 14.4. The number of pyridine rings is 1. The maximum atomic E-state index is 10.1. The average Bonchev–Trinajstić information content (AvgIpc) is 3.97. The van der Waals surface area contributed by atoms with E-state index < -0.39 is 0 Å². The van der Waals surface area contributed by atoms with Gasteiger partial charge in [0, 0.05) is 61.8 Å². The molecule has 0 radical (unpaired) electrons. The molecule has 13 rings (SSSR count). The van der Waals surface area contributed by atoms with Crippen molar-refractivity contribution in [2.45, 2.75) is 0 Å². The molecule has 0 spiro atoms. The van der Waals surface area contributed by atoms with Crippen molar-refractivity contribution in [3.8, 4) is 85.0 Å². The predicted molar refractivity (Wildman–Crippen MR) is 290 cm³/mol. The van der Waals surface area contributed by atoms with Crippen molar-refractivity contribution in [2.24, 2.45) is 0 Å². The Morgan fingerprint density at radius 1 is 0.389 bits per heavy atom. The van der Waals surface area contributed by atoms with Crippen molar-refractivity contribution in [2.75, 3.05) is 0 Å². The minimum atomic E-state index is 0.535. The van der Waals surface area contributed by atoms with Gasteiger partial charge in [-0.15, -0.1) is 0 Å². The second-order valence-electron chi connectivity index (χ2n) is 17.6. The van der Waals surface area contributed by atoms with Crippen molar-refractivity contribution in [1.29, 1.82) is 5.26 Å². The van der Waals surface area contributed by atoms with Gasteiger partial charge in [-0.25, -0.2) is 19.8 Å². The second-order valence-corrected chi connectivity index (χ2v) is 17.6. The van der Waals surface area contributed by atoms with Gasteiger partial charge in [-0.2, -0.15) is 5.26 Å². The summed E-state index contributed by atoms with van der Waals surface area (Å²) in [6.45, 7) is 7.93. The Kier molecular flexibility index (Phi) is 10.1. The molecule has 0 bridgehead atoms. The van der Waals surface area contributed by atoms with Gasteiger partial charge in [-0.3, -0.25) is 4.98 Å². The maximum absolute atomic E-state index is 10.1. The number of para-hydroxylation sites is 3. The summed E-state index contributed by atoms with van der Waals surface area (Å²) in [6, 6.07) is 76.5. The molecule has 334 valence electrons. The molecule has 0 aliphatic rings. The van der Waals surface area contributed by atoms with Crippen LogP contribution in [0.15, 0.2) is 231 Å². The monoisotopic (exact) mass is 918 g/mol. The van der Waals surface area contributed by atoms with Gasteiger partial charge < -0.3 is 9.13 Å². The van der Waals surface area contributed by atoms with E-state index in [1.807, 2.05) is 122 Å². The van der Waals surface area contributed by atoms with Crippen LogP contribution in [-0.2, 0) is 0 Å². The minimum absolute atomic E-state index is 0.535. The molecule has 4 aromatic heterocycles. The first-order chi connectivity index (χ1) is 35.6. The van der Waals surface area contributed by atoms with E-state index in [0.717, 1.165) is 105 Å². The lowest BCUT2D eigenvalue weighted by Crippen LogP contribution is -2.04. The van der Waals surface area contributed by atoms with E-state index in [2.05, 4.69) is 129 Å². The van der Waals surface area contributed by atoms with Crippen LogP contribution in [0.3, 0.4) is 0 Å². The van der Waals surface area contributed by atoms with Gasteiger partial charge in [0.2, 0.25) is 0 Å². The third-order valence-corrected chi connectivity index (χ3v) is 13.6. The van der Waals surface area contributed by atoms with E-state index in [4.69, 9.17) is 26.5 Å². The number of aromatic nitrogens is 6. The van der Waals surface area contributed by atoms with Crippen LogP contribution in [0.1, 0.15) is 5.56 Å². The van der Waals surface area contributed by atoms with Crippen molar-refractivity contribution in [3.05, 3.63) is 248 Å². The molecule has 8 heteroatoms. The van der Waals surface area contributed by atoms with Crippen molar-refractivity contribution in [3.63, 3.8) is 0 Å². The maximum Gasteiger partial charge on any atom is 0.194 e. The van der Waals surface area contributed by atoms with Crippen LogP contribution in [0, 0.1) is 17.9 Å². The first-order valence-corrected chi connectivity index (χ1v) is 23.6. The van der Waals surface area contributed by atoms with Crippen LogP contribution in [0.4, 0.5) is 5.69 Å². The van der Waals surface area contributed by atoms with Crippen LogP contribution < -0.4 is 0 Å². The van der Waals surface area contributed by atoms with Crippen LogP contribution in [0.2, 0.25) is 0 Å². The lowest BCUT2D eigenvalue weighted by atomic mass is 9.98. The Morgan fingerprint density at radius 3 is 1.49 bits per heavy atom. The number of nitriles is 1.